The van der Waals surface area contributed by atoms with Crippen LogP contribution in [-0.4, -0.2) is 55.6 Å². The van der Waals surface area contributed by atoms with E-state index in [1.807, 2.05) is 4.90 Å². The van der Waals surface area contributed by atoms with Crippen LogP contribution < -0.4 is 11.1 Å². The molecule has 3 N–H and O–H groups in total. The molecule has 2 aromatic heterocycles. The van der Waals surface area contributed by atoms with Crippen molar-refractivity contribution in [3.8, 4) is 0 Å². The Morgan fingerprint density at radius 1 is 1.32 bits per heavy atom. The number of aryl methyl sites for hydroxylation is 2. The summed E-state index contributed by atoms with van der Waals surface area (Å²) in [6, 6.07) is 1.03. The Morgan fingerprint density at radius 3 is 2.77 bits per heavy atom. The average Bonchev–Trinajstić information content (AvgIpc) is 3.00. The second-order valence-corrected chi connectivity index (χ2v) is 8.48. The van der Waals surface area contributed by atoms with E-state index in [2.05, 4.69) is 20.4 Å². The van der Waals surface area contributed by atoms with E-state index in [0.717, 1.165) is 37.7 Å². The van der Waals surface area contributed by atoms with Crippen molar-refractivity contribution in [3.63, 3.8) is 0 Å². The highest BCUT2D eigenvalue weighted by Crippen LogP contribution is 2.27. The van der Waals surface area contributed by atoms with Crippen molar-refractivity contribution in [2.75, 3.05) is 18.8 Å². The highest BCUT2D eigenvalue weighted by Gasteiger charge is 2.26. The smallest absolute Gasteiger partial charge is 0.270 e. The van der Waals surface area contributed by atoms with Crippen LogP contribution in [0.3, 0.4) is 0 Å². The molecule has 0 aliphatic carbocycles. The van der Waals surface area contributed by atoms with Crippen molar-refractivity contribution >= 4 is 29.2 Å². The molecule has 1 unspecified atom stereocenters. The molecule has 0 radical (unpaired) electrons. The summed E-state index contributed by atoms with van der Waals surface area (Å²) in [6.07, 6.45) is 6.06. The zero-order valence-electron chi connectivity index (χ0n) is 18.3. The Labute approximate surface area is 187 Å². The van der Waals surface area contributed by atoms with Crippen molar-refractivity contribution in [2.45, 2.75) is 52.0 Å². The van der Waals surface area contributed by atoms with Gasteiger partial charge in [-0.25, -0.2) is 9.97 Å². The van der Waals surface area contributed by atoms with E-state index in [-0.39, 0.29) is 11.8 Å². The van der Waals surface area contributed by atoms with Crippen molar-refractivity contribution in [3.05, 3.63) is 34.5 Å². The number of amides is 2. The van der Waals surface area contributed by atoms with Gasteiger partial charge >= 0.3 is 0 Å². The Hall–Kier alpha value is -2.68. The van der Waals surface area contributed by atoms with E-state index >= 15 is 0 Å². The quantitative estimate of drug-likeness (QED) is 0.654. The number of carbonyl (C=O) groups excluding carboxylic acids is 2. The fraction of sp³-hybridized carbons (Fsp3) is 0.571. The summed E-state index contributed by atoms with van der Waals surface area (Å²) in [6.45, 7) is 4.85. The van der Waals surface area contributed by atoms with E-state index < -0.39 is 6.04 Å². The third-order valence-corrected chi connectivity index (χ3v) is 6.15. The number of carbonyl (C=O) groups is 2. The number of nitrogens with two attached hydrogens (primary N) is 1. The van der Waals surface area contributed by atoms with Crippen LogP contribution in [0.1, 0.15) is 54.5 Å². The summed E-state index contributed by atoms with van der Waals surface area (Å²) >= 11 is 6.25. The maximum atomic E-state index is 12.9. The Bertz CT molecular complexity index is 923. The van der Waals surface area contributed by atoms with Gasteiger partial charge in [0.05, 0.1) is 0 Å². The minimum absolute atomic E-state index is 0.0598. The van der Waals surface area contributed by atoms with E-state index in [1.54, 1.807) is 33.2 Å². The fourth-order valence-electron chi connectivity index (χ4n) is 4.04. The Morgan fingerprint density at radius 2 is 2.10 bits per heavy atom. The summed E-state index contributed by atoms with van der Waals surface area (Å²) in [5.41, 5.74) is 7.25. The van der Waals surface area contributed by atoms with Gasteiger partial charge in [0, 0.05) is 31.9 Å². The van der Waals surface area contributed by atoms with Crippen LogP contribution in [0.4, 0.5) is 5.82 Å². The van der Waals surface area contributed by atoms with E-state index in [1.165, 1.54) is 4.68 Å². The maximum absolute atomic E-state index is 12.9. The topological polar surface area (TPSA) is 119 Å². The third kappa shape index (κ3) is 5.72. The second kappa shape index (κ2) is 10.1. The molecule has 168 valence electrons. The van der Waals surface area contributed by atoms with Crippen molar-refractivity contribution in [2.24, 2.45) is 13.0 Å². The number of nitrogens with one attached hydrogen (secondary N) is 1. The van der Waals surface area contributed by atoms with Gasteiger partial charge in [-0.05, 0) is 57.9 Å². The summed E-state index contributed by atoms with van der Waals surface area (Å²) in [5, 5.41) is 7.20. The molecular formula is C21H30ClN7O2. The van der Waals surface area contributed by atoms with Gasteiger partial charge < -0.3 is 16.0 Å². The van der Waals surface area contributed by atoms with Gasteiger partial charge in [0.2, 0.25) is 5.91 Å². The predicted molar refractivity (Wildman–Crippen MR) is 119 cm³/mol. The minimum Gasteiger partial charge on any atom is -0.383 e. The molecule has 1 aliphatic rings. The number of rotatable bonds is 6. The lowest BCUT2D eigenvalue weighted by Crippen LogP contribution is -2.47. The molecule has 0 bridgehead atoms. The zero-order valence-corrected chi connectivity index (χ0v) is 19.0. The molecule has 2 aromatic rings. The van der Waals surface area contributed by atoms with Crippen LogP contribution >= 0.6 is 11.6 Å². The molecule has 0 aromatic carbocycles. The first-order chi connectivity index (χ1) is 14.8. The Kier molecular flexibility index (Phi) is 7.48. The zero-order chi connectivity index (χ0) is 22.5. The van der Waals surface area contributed by atoms with E-state index in [9.17, 15) is 9.59 Å². The first kappa shape index (κ1) is 23.0. The predicted octanol–water partition coefficient (Wildman–Crippen LogP) is 2.13. The molecule has 0 spiro atoms. The minimum atomic E-state index is -0.595. The summed E-state index contributed by atoms with van der Waals surface area (Å²) in [5.74, 6) is 1.12. The molecule has 2 amide bonds. The van der Waals surface area contributed by atoms with Crippen LogP contribution in [0.5, 0.6) is 0 Å². The molecule has 3 rings (SSSR count). The Balaban J connectivity index is 1.51. The molecule has 31 heavy (non-hydrogen) atoms. The van der Waals surface area contributed by atoms with Gasteiger partial charge in [-0.3, -0.25) is 14.3 Å². The van der Waals surface area contributed by atoms with Gasteiger partial charge in [0.15, 0.2) is 0 Å². The van der Waals surface area contributed by atoms with Crippen LogP contribution in [0.2, 0.25) is 5.15 Å². The SMILES string of the molecule is Cc1nc(N)c(CCC2CCCN(C(=O)[C@H](C)NC(=O)c3ccnn3C)CC2)c(Cl)n1. The van der Waals surface area contributed by atoms with Crippen LogP contribution in [0, 0.1) is 12.8 Å². The third-order valence-electron chi connectivity index (χ3n) is 5.83. The lowest BCUT2D eigenvalue weighted by Gasteiger charge is -2.25. The normalized spacial score (nSPS) is 17.8. The molecule has 1 fully saturated rings. The molecule has 3 heterocycles. The molecule has 0 saturated carbocycles. The first-order valence-corrected chi connectivity index (χ1v) is 11.0. The van der Waals surface area contributed by atoms with E-state index in [0.29, 0.717) is 41.5 Å². The maximum Gasteiger partial charge on any atom is 0.270 e. The van der Waals surface area contributed by atoms with Crippen molar-refractivity contribution < 1.29 is 9.59 Å². The number of hydrogen-bond acceptors (Lipinski definition) is 6. The molecule has 1 aliphatic heterocycles. The summed E-state index contributed by atoms with van der Waals surface area (Å²) in [7, 11) is 1.69. The van der Waals surface area contributed by atoms with Crippen LogP contribution in [0.15, 0.2) is 12.3 Å². The fourth-order valence-corrected chi connectivity index (χ4v) is 4.35. The number of likely N-dealkylation sites (tertiary alicyclic amines) is 1. The van der Waals surface area contributed by atoms with Gasteiger partial charge in [-0.1, -0.05) is 11.6 Å². The molecule has 10 heteroatoms. The summed E-state index contributed by atoms with van der Waals surface area (Å²) < 4.78 is 1.49. The number of nitrogen functional groups attached to an aromatic ring is 1. The lowest BCUT2D eigenvalue weighted by atomic mass is 9.93. The first-order valence-electron chi connectivity index (χ1n) is 10.6. The standard InChI is InChI=1S/C21H30ClN7O2/c1-13(25-20(30)17-8-10-24-28(17)3)21(31)29-11-4-5-15(9-12-29)6-7-16-18(22)26-14(2)27-19(16)23/h8,10,13,15H,4-7,9,11-12H2,1-3H3,(H,25,30)(H2,23,26,27)/t13-,15?/m0/s1. The second-order valence-electron chi connectivity index (χ2n) is 8.12. The highest BCUT2D eigenvalue weighted by molar-refractivity contribution is 6.30. The number of aromatic nitrogens is 4. The summed E-state index contributed by atoms with van der Waals surface area (Å²) in [4.78, 5) is 35.5. The largest absolute Gasteiger partial charge is 0.383 e. The van der Waals surface area contributed by atoms with Crippen molar-refractivity contribution in [1.82, 2.24) is 30.0 Å². The lowest BCUT2D eigenvalue weighted by molar-refractivity contribution is -0.132. The number of halogens is 1. The monoisotopic (exact) mass is 447 g/mol. The van der Waals surface area contributed by atoms with Gasteiger partial charge in [0.25, 0.3) is 5.91 Å². The van der Waals surface area contributed by atoms with Gasteiger partial charge in [-0.2, -0.15) is 5.10 Å². The average molecular weight is 448 g/mol. The van der Waals surface area contributed by atoms with Gasteiger partial charge in [0.1, 0.15) is 28.5 Å². The van der Waals surface area contributed by atoms with E-state index in [4.69, 9.17) is 17.3 Å². The molecular weight excluding hydrogens is 418 g/mol. The van der Waals surface area contributed by atoms with Crippen LogP contribution in [0.25, 0.3) is 0 Å². The molecule has 1 saturated heterocycles. The van der Waals surface area contributed by atoms with Crippen molar-refractivity contribution in [1.29, 1.82) is 0 Å². The highest BCUT2D eigenvalue weighted by atomic mass is 35.5. The number of anilines is 1. The number of hydrogen-bond donors (Lipinski definition) is 2. The molecule has 9 nitrogen and oxygen atoms in total. The van der Waals surface area contributed by atoms with Crippen LogP contribution in [-0.2, 0) is 18.3 Å². The molecule has 2 atom stereocenters. The van der Waals surface area contributed by atoms with Gasteiger partial charge in [-0.15, -0.1) is 0 Å². The number of nitrogens with zero attached hydrogens (tertiary/aromatic N) is 5.